The minimum atomic E-state index is 0.744. The zero-order valence-electron chi connectivity index (χ0n) is 19.6. The molecule has 0 amide bonds. The van der Waals surface area contributed by atoms with Crippen molar-refractivity contribution < 1.29 is 0 Å². The molecule has 0 aliphatic heterocycles. The van der Waals surface area contributed by atoms with E-state index >= 15 is 0 Å². The van der Waals surface area contributed by atoms with Crippen LogP contribution in [0, 0.1) is 23.7 Å². The Morgan fingerprint density at radius 1 is 0.517 bits per heavy atom. The molecule has 0 saturated heterocycles. The number of unbranched alkanes of at least 4 members (excludes halogenated alkanes) is 17. The molecule has 2 nitrogen and oxygen atoms in total. The highest BCUT2D eigenvalue weighted by Gasteiger charge is 1.92. The van der Waals surface area contributed by atoms with E-state index in [2.05, 4.69) is 35.9 Å². The second-order valence-corrected chi connectivity index (χ2v) is 8.30. The molecular formula is C27H50N2. The van der Waals surface area contributed by atoms with Gasteiger partial charge in [0.05, 0.1) is 0 Å². The van der Waals surface area contributed by atoms with Gasteiger partial charge in [-0.3, -0.25) is 0 Å². The largest absolute Gasteiger partial charge is 0.329 e. The Morgan fingerprint density at radius 2 is 0.931 bits per heavy atom. The van der Waals surface area contributed by atoms with Gasteiger partial charge in [-0.05, 0) is 37.6 Å². The number of hydrogen-bond donors (Lipinski definition) is 2. The Morgan fingerprint density at radius 3 is 1.38 bits per heavy atom. The van der Waals surface area contributed by atoms with E-state index in [-0.39, 0.29) is 0 Å². The summed E-state index contributed by atoms with van der Waals surface area (Å²) in [6.45, 7) is 5.09. The van der Waals surface area contributed by atoms with Crippen molar-refractivity contribution >= 4 is 0 Å². The summed E-state index contributed by atoms with van der Waals surface area (Å²) in [6.07, 6.45) is 25.1. The van der Waals surface area contributed by atoms with Crippen LogP contribution in [0.25, 0.3) is 0 Å². The number of nitrogens with one attached hydrogen (secondary N) is 1. The van der Waals surface area contributed by atoms with E-state index in [0.717, 1.165) is 32.5 Å². The first-order valence-corrected chi connectivity index (χ1v) is 12.8. The average molecular weight is 403 g/mol. The molecule has 168 valence electrons. The molecule has 0 radical (unpaired) electrons. The van der Waals surface area contributed by atoms with Gasteiger partial charge in [-0.25, -0.2) is 0 Å². The maximum absolute atomic E-state index is 5.45. The van der Waals surface area contributed by atoms with Crippen LogP contribution in [-0.2, 0) is 0 Å². The second kappa shape index (κ2) is 27.0. The maximum Gasteiger partial charge on any atom is 0.00989 e. The predicted molar refractivity (Wildman–Crippen MR) is 131 cm³/mol. The molecule has 0 aliphatic rings. The summed E-state index contributed by atoms with van der Waals surface area (Å²) in [4.78, 5) is 0. The van der Waals surface area contributed by atoms with Gasteiger partial charge in [-0.2, -0.15) is 0 Å². The van der Waals surface area contributed by atoms with Gasteiger partial charge in [-0.1, -0.05) is 109 Å². The smallest absolute Gasteiger partial charge is 0.00989 e. The summed E-state index contributed by atoms with van der Waals surface area (Å²) >= 11 is 0. The fourth-order valence-corrected chi connectivity index (χ4v) is 3.49. The third-order valence-corrected chi connectivity index (χ3v) is 5.37. The summed E-state index contributed by atoms with van der Waals surface area (Å²) in [5.74, 6) is 12.5. The molecule has 2 heteroatoms. The van der Waals surface area contributed by atoms with E-state index in [1.54, 1.807) is 0 Å². The highest BCUT2D eigenvalue weighted by atomic mass is 14.9. The molecule has 0 spiro atoms. The topological polar surface area (TPSA) is 38.0 Å². The predicted octanol–water partition coefficient (Wildman–Crippen LogP) is 6.97. The zero-order valence-corrected chi connectivity index (χ0v) is 19.6. The standard InChI is InChI=1S/C27H50N2/c1-2-3-4-5-6-7-8-9-10-11-12-13-14-15-16-17-18-19-20-21-22-23-24-26-29-27-25-28/h29H,2-12,17-28H2,1H3. The Bertz CT molecular complexity index is 421. The second-order valence-electron chi connectivity index (χ2n) is 8.30. The molecule has 3 N–H and O–H groups in total. The van der Waals surface area contributed by atoms with E-state index in [1.807, 2.05) is 0 Å². The first-order valence-electron chi connectivity index (χ1n) is 12.8. The molecule has 0 unspecified atom stereocenters. The van der Waals surface area contributed by atoms with Gasteiger partial charge in [-0.15, -0.1) is 0 Å². The third kappa shape index (κ3) is 27.0. The molecule has 29 heavy (non-hydrogen) atoms. The van der Waals surface area contributed by atoms with Crippen molar-refractivity contribution in [3.05, 3.63) is 0 Å². The normalized spacial score (nSPS) is 10.3. The lowest BCUT2D eigenvalue weighted by Crippen LogP contribution is -2.23. The van der Waals surface area contributed by atoms with E-state index in [0.29, 0.717) is 0 Å². The van der Waals surface area contributed by atoms with Crippen molar-refractivity contribution in [3.63, 3.8) is 0 Å². The summed E-state index contributed by atoms with van der Waals surface area (Å²) in [6, 6.07) is 0. The Labute approximate surface area is 183 Å². The maximum atomic E-state index is 5.45. The number of rotatable bonds is 21. The van der Waals surface area contributed by atoms with Gasteiger partial charge in [0.2, 0.25) is 0 Å². The molecule has 0 bridgehead atoms. The van der Waals surface area contributed by atoms with Gasteiger partial charge < -0.3 is 11.1 Å². The minimum absolute atomic E-state index is 0.744. The molecule has 0 saturated carbocycles. The van der Waals surface area contributed by atoms with Crippen LogP contribution in [-0.4, -0.2) is 19.6 Å². The van der Waals surface area contributed by atoms with Crippen molar-refractivity contribution in [2.24, 2.45) is 5.73 Å². The van der Waals surface area contributed by atoms with Gasteiger partial charge in [0.15, 0.2) is 0 Å². The monoisotopic (exact) mass is 402 g/mol. The van der Waals surface area contributed by atoms with Crippen LogP contribution in [0.2, 0.25) is 0 Å². The Balaban J connectivity index is 3.21. The van der Waals surface area contributed by atoms with Crippen LogP contribution >= 0.6 is 0 Å². The van der Waals surface area contributed by atoms with Gasteiger partial charge in [0.1, 0.15) is 0 Å². The SMILES string of the molecule is CCCCCCCCCCCCC#CC#CCCCCCCCCCNCCN. The third-order valence-electron chi connectivity index (χ3n) is 5.37. The first kappa shape index (κ1) is 28.0. The molecule has 0 aromatic carbocycles. The fraction of sp³-hybridized carbons (Fsp3) is 0.852. The molecule has 0 aromatic rings. The molecule has 0 rings (SSSR count). The van der Waals surface area contributed by atoms with Crippen LogP contribution < -0.4 is 11.1 Å². The lowest BCUT2D eigenvalue weighted by molar-refractivity contribution is 0.558. The van der Waals surface area contributed by atoms with Crippen LogP contribution in [0.4, 0.5) is 0 Å². The molecule has 0 heterocycles. The molecule has 0 aliphatic carbocycles. The van der Waals surface area contributed by atoms with Gasteiger partial charge in [0.25, 0.3) is 0 Å². The summed E-state index contributed by atoms with van der Waals surface area (Å²) in [7, 11) is 0. The minimum Gasteiger partial charge on any atom is -0.329 e. The molecule has 0 atom stereocenters. The quantitative estimate of drug-likeness (QED) is 0.161. The first-order chi connectivity index (χ1) is 14.4. The van der Waals surface area contributed by atoms with E-state index in [1.165, 1.54) is 109 Å². The highest BCUT2D eigenvalue weighted by Crippen LogP contribution is 2.11. The summed E-state index contributed by atoms with van der Waals surface area (Å²) in [5.41, 5.74) is 5.45. The summed E-state index contributed by atoms with van der Waals surface area (Å²) in [5, 5.41) is 3.35. The Kier molecular flexibility index (Phi) is 26.1. The van der Waals surface area contributed by atoms with Crippen molar-refractivity contribution in [2.75, 3.05) is 19.6 Å². The number of hydrogen-bond acceptors (Lipinski definition) is 2. The fourth-order valence-electron chi connectivity index (χ4n) is 3.49. The van der Waals surface area contributed by atoms with Crippen molar-refractivity contribution in [1.82, 2.24) is 5.32 Å². The molecule has 0 aromatic heterocycles. The van der Waals surface area contributed by atoms with E-state index in [9.17, 15) is 0 Å². The van der Waals surface area contributed by atoms with E-state index < -0.39 is 0 Å². The van der Waals surface area contributed by atoms with E-state index in [4.69, 9.17) is 5.73 Å². The lowest BCUT2D eigenvalue weighted by Gasteiger charge is -2.03. The van der Waals surface area contributed by atoms with Crippen LogP contribution in [0.5, 0.6) is 0 Å². The van der Waals surface area contributed by atoms with Gasteiger partial charge in [0, 0.05) is 25.9 Å². The Hall–Kier alpha value is -0.960. The van der Waals surface area contributed by atoms with Crippen LogP contribution in [0.1, 0.15) is 129 Å². The average Bonchev–Trinajstić information content (AvgIpc) is 2.74. The zero-order chi connectivity index (χ0) is 21.1. The molecule has 0 fully saturated rings. The van der Waals surface area contributed by atoms with Crippen LogP contribution in [0.3, 0.4) is 0 Å². The van der Waals surface area contributed by atoms with Crippen molar-refractivity contribution in [2.45, 2.75) is 129 Å². The van der Waals surface area contributed by atoms with Crippen LogP contribution in [0.15, 0.2) is 0 Å². The van der Waals surface area contributed by atoms with Crippen molar-refractivity contribution in [1.29, 1.82) is 0 Å². The lowest BCUT2D eigenvalue weighted by atomic mass is 10.1. The molecular weight excluding hydrogens is 352 g/mol. The summed E-state index contributed by atoms with van der Waals surface area (Å²) < 4.78 is 0. The highest BCUT2D eigenvalue weighted by molar-refractivity contribution is 5.25. The van der Waals surface area contributed by atoms with Gasteiger partial charge >= 0.3 is 0 Å². The number of nitrogens with two attached hydrogens (primary N) is 1. The van der Waals surface area contributed by atoms with Crippen molar-refractivity contribution in [3.8, 4) is 23.7 Å².